The first-order valence-electron chi connectivity index (χ1n) is 33.2. The number of hydrogen-bond donors (Lipinski definition) is 19. The number of unbranched alkanes of at least 4 members (excludes halogenated alkanes) is 8. The van der Waals surface area contributed by atoms with Crippen LogP contribution in [0.3, 0.4) is 0 Å². The zero-order valence-corrected chi connectivity index (χ0v) is 55.4. The van der Waals surface area contributed by atoms with Crippen molar-refractivity contribution in [1.29, 1.82) is 0 Å². The molecule has 19 N–H and O–H groups in total. The Morgan fingerprint density at radius 3 is 1.26 bits per heavy atom. The van der Waals surface area contributed by atoms with E-state index in [2.05, 4.69) is 33.5 Å². The molecule has 6 aliphatic heterocycles. The Bertz CT molecular complexity index is 2660. The molecule has 98 heavy (non-hydrogen) atoms. The van der Waals surface area contributed by atoms with E-state index in [-0.39, 0.29) is 5.56 Å². The second-order valence-electron chi connectivity index (χ2n) is 25.4. The van der Waals surface area contributed by atoms with Crippen LogP contribution in [0.5, 0.6) is 5.75 Å². The Kier molecular flexibility index (Phi) is 31.3. The van der Waals surface area contributed by atoms with E-state index in [1.807, 2.05) is 0 Å². The Hall–Kier alpha value is -4.63. The van der Waals surface area contributed by atoms with Gasteiger partial charge in [-0.15, -0.1) is 0 Å². The quantitative estimate of drug-likeness (QED) is 0.0298. The molecule has 1 aromatic rings. The van der Waals surface area contributed by atoms with Crippen molar-refractivity contribution in [3.8, 4) is 5.75 Å². The van der Waals surface area contributed by atoms with Gasteiger partial charge in [-0.2, -0.15) is 0 Å². The lowest BCUT2D eigenvalue weighted by Gasteiger charge is -2.51. The maximum atomic E-state index is 14.0. The molecule has 36 heteroatoms. The zero-order chi connectivity index (χ0) is 71.8. The number of benzene rings is 1. The van der Waals surface area contributed by atoms with E-state index in [0.717, 1.165) is 53.4 Å². The Balaban J connectivity index is 1.07. The maximum Gasteiger partial charge on any atom is 0.251 e. The lowest BCUT2D eigenvalue weighted by atomic mass is 9.93. The van der Waals surface area contributed by atoms with Gasteiger partial charge in [0.2, 0.25) is 23.6 Å². The lowest BCUT2D eigenvalue weighted by molar-refractivity contribution is -0.368. The first kappa shape index (κ1) is 80.7. The number of aliphatic hydroxyl groups is 14. The fourth-order valence-corrected chi connectivity index (χ4v) is 12.7. The number of rotatable bonds is 32. The molecule has 0 aliphatic carbocycles. The number of nitrogens with one attached hydrogen (secondary N) is 5. The summed E-state index contributed by atoms with van der Waals surface area (Å²) in [4.78, 5) is 65.0. The van der Waals surface area contributed by atoms with Crippen LogP contribution in [0, 0.1) is 0 Å². The summed E-state index contributed by atoms with van der Waals surface area (Å²) in [6, 6.07) is -2.45. The first-order valence-corrected chi connectivity index (χ1v) is 33.2. The summed E-state index contributed by atoms with van der Waals surface area (Å²) < 4.78 is 72.0. The fourth-order valence-electron chi connectivity index (χ4n) is 12.7. The predicted molar refractivity (Wildman–Crippen MR) is 329 cm³/mol. The normalized spacial score (nSPS) is 39.8. The summed E-state index contributed by atoms with van der Waals surface area (Å²) in [6.45, 7) is 3.38. The number of amides is 5. The van der Waals surface area contributed by atoms with Crippen molar-refractivity contribution in [2.75, 3.05) is 39.6 Å². The van der Waals surface area contributed by atoms with Crippen LogP contribution in [0.15, 0.2) is 24.3 Å². The summed E-state index contributed by atoms with van der Waals surface area (Å²) in [5, 5.41) is 168. The van der Waals surface area contributed by atoms with Crippen molar-refractivity contribution in [3.63, 3.8) is 0 Å². The minimum absolute atomic E-state index is 0.0594. The largest absolute Gasteiger partial charge is 0.494 e. The topological polar surface area (TPSA) is 539 Å². The smallest absolute Gasteiger partial charge is 0.251 e. The fraction of sp³-hybridized carbons (Fsp3) is 0.823. The number of carbonyl (C=O) groups is 5. The van der Waals surface area contributed by atoms with Gasteiger partial charge in [-0.3, -0.25) is 24.0 Å². The average Bonchev–Trinajstić information content (AvgIpc) is 0.772. The third-order valence-corrected chi connectivity index (χ3v) is 17.9. The molecular weight excluding hydrogens is 1310 g/mol. The second kappa shape index (κ2) is 38.0. The molecule has 7 rings (SSSR count). The van der Waals surface area contributed by atoms with Crippen LogP contribution in [-0.4, -0.2) is 325 Å². The van der Waals surface area contributed by atoms with E-state index in [0.29, 0.717) is 12.4 Å². The van der Waals surface area contributed by atoms with Crippen LogP contribution in [0.4, 0.5) is 0 Å². The SMILES string of the molecule is CCCCCCCCCCCOc1cccc(C(=O)N[C@@H]2C(O[C@@H]3C(CO)O[C@@H](OC4C(CO)O[C@@H](O[C@@H]5C(CO)OC(OC6C(COC7OC(C)[C@@H](O)[C@@H](O)[C@H]7O)O[C@@H](O)[C@@H](NC(C)=O)[C@H]6O)C(NC(C)=O)C5O)[C@@H](NC(C)=O)[C@H]4O)C(NC(C)=O)C3O)OC(CO)[C@@H](O)[C@@H]2O)c1. The molecule has 0 radical (unpaired) electrons. The van der Waals surface area contributed by atoms with Gasteiger partial charge in [0.05, 0.1) is 45.7 Å². The van der Waals surface area contributed by atoms with Crippen molar-refractivity contribution >= 4 is 29.5 Å². The van der Waals surface area contributed by atoms with Crippen LogP contribution >= 0.6 is 0 Å². The van der Waals surface area contributed by atoms with Gasteiger partial charge >= 0.3 is 0 Å². The summed E-state index contributed by atoms with van der Waals surface area (Å²) in [5.74, 6) is -3.68. The number of carbonyl (C=O) groups excluding carboxylic acids is 5. The highest BCUT2D eigenvalue weighted by Gasteiger charge is 2.58. The molecule has 0 saturated carbocycles. The Morgan fingerprint density at radius 1 is 0.418 bits per heavy atom. The van der Waals surface area contributed by atoms with Gasteiger partial charge in [-0.1, -0.05) is 64.4 Å². The van der Waals surface area contributed by atoms with E-state index in [9.17, 15) is 95.5 Å². The van der Waals surface area contributed by atoms with Crippen molar-refractivity contribution in [3.05, 3.63) is 29.8 Å². The third-order valence-electron chi connectivity index (χ3n) is 17.9. The van der Waals surface area contributed by atoms with Gasteiger partial charge < -0.3 is 155 Å². The van der Waals surface area contributed by atoms with Crippen LogP contribution in [0.25, 0.3) is 0 Å². The summed E-state index contributed by atoms with van der Waals surface area (Å²) >= 11 is 0. The van der Waals surface area contributed by atoms with Crippen LogP contribution in [0.2, 0.25) is 0 Å². The molecule has 6 aliphatic rings. The molecule has 36 nitrogen and oxygen atoms in total. The summed E-state index contributed by atoms with van der Waals surface area (Å²) in [6.07, 6.45) is -34.9. The highest BCUT2D eigenvalue weighted by molar-refractivity contribution is 5.94. The molecule has 30 atom stereocenters. The Labute approximate surface area is 565 Å². The lowest BCUT2D eigenvalue weighted by Crippen LogP contribution is -2.72. The molecule has 560 valence electrons. The van der Waals surface area contributed by atoms with Crippen molar-refractivity contribution in [1.82, 2.24) is 26.6 Å². The molecule has 6 heterocycles. The first-order chi connectivity index (χ1) is 46.7. The summed E-state index contributed by atoms with van der Waals surface area (Å²) in [7, 11) is 0. The van der Waals surface area contributed by atoms with Crippen molar-refractivity contribution in [2.24, 2.45) is 0 Å². The predicted octanol–water partition coefficient (Wildman–Crippen LogP) is -7.15. The monoisotopic (exact) mass is 1410 g/mol. The van der Waals surface area contributed by atoms with Gasteiger partial charge in [-0.05, 0) is 31.5 Å². The molecule has 1 aromatic carbocycles. The summed E-state index contributed by atoms with van der Waals surface area (Å²) in [5.41, 5.74) is 0.0594. The third kappa shape index (κ3) is 20.6. The molecule has 6 saturated heterocycles. The van der Waals surface area contributed by atoms with E-state index < -0.39 is 246 Å². The molecular formula is C62H101N5O31. The van der Waals surface area contributed by atoms with E-state index >= 15 is 0 Å². The van der Waals surface area contributed by atoms with Crippen LogP contribution in [0.1, 0.15) is 110 Å². The van der Waals surface area contributed by atoms with Crippen LogP contribution < -0.4 is 31.3 Å². The van der Waals surface area contributed by atoms with Gasteiger partial charge in [0, 0.05) is 33.3 Å². The number of aliphatic hydroxyl groups excluding tert-OH is 14. The standard InChI is InChI=1S/C62H101N5O31/c1-7-8-9-10-11-12-13-14-15-19-87-32-18-16-17-31(20-32)56(85)67-39-45(78)44(77)33(21-68)91-58(39)95-52-34(22-69)92-59(40(47(52)80)64-28(4)73)96-53-35(23-70)93-60(41(48(53)81)65-29(5)74)97-54-36(24-71)94-61(42(49(54)82)66-30(6)75)98-55-37(90-57(86)38(46(55)79)63-27(3)72)25-88-62-51(84)50(83)43(76)26(2)89-62/h16-18,20,26,33-55,57-62,68-71,76-84,86H,7-15,19,21-25H2,1-6H3,(H,63,72)(H,64,73)(H,65,74)(H,66,75)(H,67,85)/t26?,33?,34?,35?,36?,37?,38-,39-,40?,41-,42?,43+,44+,45+,46+,47?,48+,49?,50+,51+,52+,53?,54+,55?,57+,58?,59-,60-,61?,62?/m0/s1. The van der Waals surface area contributed by atoms with Crippen LogP contribution in [-0.2, 0) is 71.3 Å². The number of ether oxygens (including phenoxy) is 12. The van der Waals surface area contributed by atoms with E-state index in [1.54, 1.807) is 12.1 Å². The second-order valence-corrected chi connectivity index (χ2v) is 25.4. The van der Waals surface area contributed by atoms with Gasteiger partial charge in [0.15, 0.2) is 37.7 Å². The Morgan fingerprint density at radius 2 is 0.816 bits per heavy atom. The molecule has 6 fully saturated rings. The maximum absolute atomic E-state index is 14.0. The minimum atomic E-state index is -2.07. The van der Waals surface area contributed by atoms with Crippen molar-refractivity contribution in [2.45, 2.75) is 283 Å². The van der Waals surface area contributed by atoms with Crippen molar-refractivity contribution < 1.29 is 152 Å². The molecule has 15 unspecified atom stereocenters. The minimum Gasteiger partial charge on any atom is -0.494 e. The average molecular weight is 1410 g/mol. The van der Waals surface area contributed by atoms with E-state index in [4.69, 9.17) is 56.8 Å². The highest BCUT2D eigenvalue weighted by atomic mass is 16.8. The molecule has 5 amide bonds. The molecule has 0 spiro atoms. The van der Waals surface area contributed by atoms with Gasteiger partial charge in [-0.25, -0.2) is 0 Å². The molecule has 0 bridgehead atoms. The van der Waals surface area contributed by atoms with Gasteiger partial charge in [0.1, 0.15) is 146 Å². The highest BCUT2D eigenvalue weighted by Crippen LogP contribution is 2.37. The van der Waals surface area contributed by atoms with Gasteiger partial charge in [0.25, 0.3) is 5.91 Å². The zero-order valence-electron chi connectivity index (χ0n) is 55.4. The molecule has 0 aromatic heterocycles. The van der Waals surface area contributed by atoms with E-state index in [1.165, 1.54) is 51.2 Å². The number of hydrogen-bond acceptors (Lipinski definition) is 31.